The van der Waals surface area contributed by atoms with Crippen molar-refractivity contribution in [3.63, 3.8) is 0 Å². The third kappa shape index (κ3) is 2.49. The molecule has 1 aromatic carbocycles. The van der Waals surface area contributed by atoms with Crippen LogP contribution in [-0.2, 0) is 4.79 Å². The fourth-order valence-corrected chi connectivity index (χ4v) is 1.74. The van der Waals surface area contributed by atoms with Crippen molar-refractivity contribution in [1.82, 2.24) is 4.98 Å². The average molecular weight is 243 g/mol. The molecule has 1 heterocycles. The molecule has 2 rings (SSSR count). The van der Waals surface area contributed by atoms with Crippen LogP contribution in [0.15, 0.2) is 36.7 Å². The van der Waals surface area contributed by atoms with E-state index in [-0.39, 0.29) is 11.8 Å². The van der Waals surface area contributed by atoms with Crippen LogP contribution in [0.1, 0.15) is 13.8 Å². The summed E-state index contributed by atoms with van der Waals surface area (Å²) in [6.45, 7) is 3.85. The van der Waals surface area contributed by atoms with Gasteiger partial charge in [0.25, 0.3) is 0 Å². The molecule has 94 valence electrons. The molecule has 0 spiro atoms. The van der Waals surface area contributed by atoms with E-state index in [0.29, 0.717) is 0 Å². The zero-order valence-corrected chi connectivity index (χ0v) is 10.6. The first-order valence-corrected chi connectivity index (χ1v) is 5.99. The van der Waals surface area contributed by atoms with E-state index in [0.717, 1.165) is 16.5 Å². The molecular weight excluding hydrogens is 226 g/mol. The molecule has 0 aliphatic rings. The molecule has 1 atom stereocenters. The van der Waals surface area contributed by atoms with Crippen molar-refractivity contribution in [2.24, 2.45) is 11.7 Å². The fraction of sp³-hybridized carbons (Fsp3) is 0.286. The molecule has 0 unspecified atom stereocenters. The van der Waals surface area contributed by atoms with Gasteiger partial charge >= 0.3 is 0 Å². The molecule has 1 aromatic heterocycles. The first-order valence-electron chi connectivity index (χ1n) is 5.99. The monoisotopic (exact) mass is 243 g/mol. The van der Waals surface area contributed by atoms with E-state index in [9.17, 15) is 4.79 Å². The summed E-state index contributed by atoms with van der Waals surface area (Å²) in [6.07, 6.45) is 3.47. The van der Waals surface area contributed by atoms with Crippen molar-refractivity contribution in [2.45, 2.75) is 19.9 Å². The van der Waals surface area contributed by atoms with Crippen LogP contribution in [0.3, 0.4) is 0 Å². The number of carbonyl (C=O) groups is 1. The maximum absolute atomic E-state index is 11.9. The minimum absolute atomic E-state index is 0.109. The van der Waals surface area contributed by atoms with E-state index < -0.39 is 6.04 Å². The summed E-state index contributed by atoms with van der Waals surface area (Å²) in [5.74, 6) is -0.0561. The Morgan fingerprint density at radius 2 is 2.11 bits per heavy atom. The van der Waals surface area contributed by atoms with Gasteiger partial charge in [0.15, 0.2) is 0 Å². The molecule has 0 aliphatic carbocycles. The summed E-state index contributed by atoms with van der Waals surface area (Å²) in [6, 6.07) is 7.15. The molecule has 0 bridgehead atoms. The summed E-state index contributed by atoms with van der Waals surface area (Å²) in [4.78, 5) is 16.0. The fourth-order valence-electron chi connectivity index (χ4n) is 1.74. The number of anilines is 1. The zero-order valence-electron chi connectivity index (χ0n) is 10.6. The van der Waals surface area contributed by atoms with Gasteiger partial charge in [-0.3, -0.25) is 9.78 Å². The molecule has 0 saturated heterocycles. The van der Waals surface area contributed by atoms with E-state index >= 15 is 0 Å². The summed E-state index contributed by atoms with van der Waals surface area (Å²) >= 11 is 0. The van der Waals surface area contributed by atoms with Crippen molar-refractivity contribution in [2.75, 3.05) is 5.32 Å². The van der Waals surface area contributed by atoms with Gasteiger partial charge in [0.1, 0.15) is 0 Å². The van der Waals surface area contributed by atoms with Crippen molar-refractivity contribution < 1.29 is 4.79 Å². The Morgan fingerprint density at radius 1 is 1.33 bits per heavy atom. The van der Waals surface area contributed by atoms with E-state index in [1.165, 1.54) is 0 Å². The van der Waals surface area contributed by atoms with Crippen LogP contribution < -0.4 is 11.1 Å². The molecule has 4 nitrogen and oxygen atoms in total. The first-order chi connectivity index (χ1) is 8.59. The average Bonchev–Trinajstić information content (AvgIpc) is 2.38. The lowest BCUT2D eigenvalue weighted by molar-refractivity contribution is -0.118. The largest absolute Gasteiger partial charge is 0.324 e. The van der Waals surface area contributed by atoms with Gasteiger partial charge in [-0.15, -0.1) is 0 Å². The molecule has 2 aromatic rings. The Bertz CT molecular complexity index is 560. The van der Waals surface area contributed by atoms with Gasteiger partial charge in [0.2, 0.25) is 5.91 Å². The number of rotatable bonds is 3. The minimum atomic E-state index is -0.503. The van der Waals surface area contributed by atoms with Crippen molar-refractivity contribution in [1.29, 1.82) is 0 Å². The number of carbonyl (C=O) groups excluding carboxylic acids is 1. The second-order valence-electron chi connectivity index (χ2n) is 4.66. The molecule has 0 radical (unpaired) electrons. The first kappa shape index (κ1) is 12.5. The third-order valence-electron chi connectivity index (χ3n) is 2.96. The predicted molar refractivity (Wildman–Crippen MR) is 73.2 cm³/mol. The second-order valence-corrected chi connectivity index (χ2v) is 4.66. The molecule has 3 N–H and O–H groups in total. The van der Waals surface area contributed by atoms with Gasteiger partial charge in [0, 0.05) is 17.8 Å². The quantitative estimate of drug-likeness (QED) is 0.868. The van der Waals surface area contributed by atoms with Gasteiger partial charge in [0.05, 0.1) is 11.7 Å². The van der Waals surface area contributed by atoms with Gasteiger partial charge in [-0.25, -0.2) is 0 Å². The maximum Gasteiger partial charge on any atom is 0.241 e. The van der Waals surface area contributed by atoms with E-state index in [4.69, 9.17) is 5.73 Å². The highest BCUT2D eigenvalue weighted by atomic mass is 16.2. The van der Waals surface area contributed by atoms with Crippen LogP contribution in [0.4, 0.5) is 5.69 Å². The SMILES string of the molecule is CC(C)[C@H](N)C(=O)Nc1cccc2ccncc12. The number of benzene rings is 1. The number of nitrogens with two attached hydrogens (primary N) is 1. The number of nitrogens with zero attached hydrogens (tertiary/aromatic N) is 1. The number of hydrogen-bond donors (Lipinski definition) is 2. The highest BCUT2D eigenvalue weighted by Crippen LogP contribution is 2.22. The van der Waals surface area contributed by atoms with Gasteiger partial charge in [-0.2, -0.15) is 0 Å². The molecule has 0 fully saturated rings. The standard InChI is InChI=1S/C14H17N3O/c1-9(2)13(15)14(18)17-12-5-3-4-10-6-7-16-8-11(10)12/h3-9,13H,15H2,1-2H3,(H,17,18)/t13-/m0/s1. The zero-order chi connectivity index (χ0) is 13.1. The van der Waals surface area contributed by atoms with Crippen LogP contribution in [0.25, 0.3) is 10.8 Å². The van der Waals surface area contributed by atoms with E-state index in [1.54, 1.807) is 12.4 Å². The second kappa shape index (κ2) is 5.14. The topological polar surface area (TPSA) is 68.0 Å². The smallest absolute Gasteiger partial charge is 0.241 e. The Kier molecular flexibility index (Phi) is 3.58. The van der Waals surface area contributed by atoms with Gasteiger partial charge in [-0.05, 0) is 23.4 Å². The van der Waals surface area contributed by atoms with Crippen LogP contribution >= 0.6 is 0 Å². The van der Waals surface area contributed by atoms with Crippen LogP contribution in [0, 0.1) is 5.92 Å². The molecule has 0 saturated carbocycles. The number of fused-ring (bicyclic) bond motifs is 1. The number of nitrogens with one attached hydrogen (secondary N) is 1. The Balaban J connectivity index is 2.30. The Morgan fingerprint density at radius 3 is 2.83 bits per heavy atom. The lowest BCUT2D eigenvalue weighted by Crippen LogP contribution is -2.39. The van der Waals surface area contributed by atoms with Crippen LogP contribution in [-0.4, -0.2) is 16.9 Å². The van der Waals surface area contributed by atoms with Crippen molar-refractivity contribution in [3.8, 4) is 0 Å². The normalized spacial score (nSPS) is 12.7. The summed E-state index contributed by atoms with van der Waals surface area (Å²) in [7, 11) is 0. The van der Waals surface area contributed by atoms with Crippen LogP contribution in [0.2, 0.25) is 0 Å². The Labute approximate surface area is 106 Å². The highest BCUT2D eigenvalue weighted by molar-refractivity contribution is 6.03. The lowest BCUT2D eigenvalue weighted by atomic mass is 10.0. The van der Waals surface area contributed by atoms with Crippen molar-refractivity contribution >= 4 is 22.4 Å². The predicted octanol–water partition coefficient (Wildman–Crippen LogP) is 2.16. The summed E-state index contributed by atoms with van der Waals surface area (Å²) < 4.78 is 0. The molecule has 0 aliphatic heterocycles. The summed E-state index contributed by atoms with van der Waals surface area (Å²) in [5.41, 5.74) is 6.58. The van der Waals surface area contributed by atoms with Gasteiger partial charge in [-0.1, -0.05) is 26.0 Å². The number of aromatic nitrogens is 1. The maximum atomic E-state index is 11.9. The minimum Gasteiger partial charge on any atom is -0.324 e. The lowest BCUT2D eigenvalue weighted by Gasteiger charge is -2.16. The molecular formula is C14H17N3O. The molecule has 1 amide bonds. The van der Waals surface area contributed by atoms with Crippen molar-refractivity contribution in [3.05, 3.63) is 36.7 Å². The molecule has 4 heteroatoms. The van der Waals surface area contributed by atoms with E-state index in [1.807, 2.05) is 38.1 Å². The number of amides is 1. The third-order valence-corrected chi connectivity index (χ3v) is 2.96. The van der Waals surface area contributed by atoms with E-state index in [2.05, 4.69) is 10.3 Å². The number of pyridine rings is 1. The number of hydrogen-bond acceptors (Lipinski definition) is 3. The van der Waals surface area contributed by atoms with Gasteiger partial charge < -0.3 is 11.1 Å². The summed E-state index contributed by atoms with van der Waals surface area (Å²) in [5, 5.41) is 4.83. The highest BCUT2D eigenvalue weighted by Gasteiger charge is 2.17. The Hall–Kier alpha value is -1.94. The molecule has 18 heavy (non-hydrogen) atoms. The van der Waals surface area contributed by atoms with Crippen LogP contribution in [0.5, 0.6) is 0 Å².